The van der Waals surface area contributed by atoms with Gasteiger partial charge in [-0.2, -0.15) is 16.9 Å². The molecule has 1 aromatic heterocycles. The van der Waals surface area contributed by atoms with E-state index in [-0.39, 0.29) is 11.7 Å². The summed E-state index contributed by atoms with van der Waals surface area (Å²) in [5.41, 5.74) is 0. The van der Waals surface area contributed by atoms with E-state index in [4.69, 9.17) is 0 Å². The Morgan fingerprint density at radius 3 is 3.14 bits per heavy atom. The predicted octanol–water partition coefficient (Wildman–Crippen LogP) is 0.534. The number of nitrogens with zero attached hydrogens (tertiary/aromatic N) is 2. The van der Waals surface area contributed by atoms with Crippen LogP contribution in [0.25, 0.3) is 0 Å². The van der Waals surface area contributed by atoms with E-state index in [1.807, 2.05) is 0 Å². The highest BCUT2D eigenvalue weighted by Crippen LogP contribution is 2.02. The second kappa shape index (κ2) is 5.64. The molecule has 0 bridgehead atoms. The average molecular weight is 214 g/mol. The van der Waals surface area contributed by atoms with Gasteiger partial charge in [0.15, 0.2) is 0 Å². The molecule has 2 N–H and O–H groups in total. The van der Waals surface area contributed by atoms with Crippen LogP contribution < -0.4 is 5.32 Å². The van der Waals surface area contributed by atoms with E-state index in [0.29, 0.717) is 12.5 Å². The van der Waals surface area contributed by atoms with Crippen LogP contribution in [0.15, 0.2) is 6.33 Å². The lowest BCUT2D eigenvalue weighted by molar-refractivity contribution is 0.0939. The lowest BCUT2D eigenvalue weighted by atomic mass is 10.2. The summed E-state index contributed by atoms with van der Waals surface area (Å²) in [4.78, 5) is 15.1. The Hall–Kier alpha value is -1.04. The third-order valence-corrected chi connectivity index (χ3v) is 2.59. The number of amides is 1. The van der Waals surface area contributed by atoms with Gasteiger partial charge < -0.3 is 5.32 Å². The Balaban J connectivity index is 2.28. The van der Waals surface area contributed by atoms with E-state index in [2.05, 4.69) is 33.7 Å². The summed E-state index contributed by atoms with van der Waals surface area (Å²) in [5, 5.41) is 8.90. The maximum absolute atomic E-state index is 11.4. The molecule has 1 aromatic rings. The van der Waals surface area contributed by atoms with Crippen molar-refractivity contribution in [3.63, 3.8) is 0 Å². The van der Waals surface area contributed by atoms with Crippen LogP contribution in [0.1, 0.15) is 17.5 Å². The van der Waals surface area contributed by atoms with E-state index in [1.54, 1.807) is 11.8 Å². The molecule has 1 atom stereocenters. The molecule has 1 unspecified atom stereocenters. The van der Waals surface area contributed by atoms with Crippen molar-refractivity contribution in [2.24, 2.45) is 5.92 Å². The number of rotatable bonds is 5. The van der Waals surface area contributed by atoms with Gasteiger partial charge in [-0.05, 0) is 17.9 Å². The first kappa shape index (κ1) is 11.0. The van der Waals surface area contributed by atoms with Crippen LogP contribution in [0.4, 0.5) is 0 Å². The van der Waals surface area contributed by atoms with E-state index < -0.39 is 0 Å². The molecule has 5 nitrogen and oxygen atoms in total. The molecule has 0 spiro atoms. The molecule has 0 aliphatic carbocycles. The van der Waals surface area contributed by atoms with Crippen LogP contribution in [0.3, 0.4) is 0 Å². The van der Waals surface area contributed by atoms with Gasteiger partial charge in [0.1, 0.15) is 6.33 Å². The third-order valence-electron chi connectivity index (χ3n) is 1.69. The fourth-order valence-corrected chi connectivity index (χ4v) is 1.70. The van der Waals surface area contributed by atoms with Crippen LogP contribution in [0.2, 0.25) is 0 Å². The fourth-order valence-electron chi connectivity index (χ4n) is 1.01. The molecule has 0 saturated carbocycles. The maximum Gasteiger partial charge on any atom is 0.288 e. The SMILES string of the molecule is CSCC(C)CNC(=O)c1ncn[nH]1. The average Bonchev–Trinajstić information content (AvgIpc) is 2.67. The zero-order valence-corrected chi connectivity index (χ0v) is 9.10. The lowest BCUT2D eigenvalue weighted by Crippen LogP contribution is -2.29. The number of carbonyl (C=O) groups is 1. The molecule has 0 aromatic carbocycles. The zero-order chi connectivity index (χ0) is 10.4. The number of H-pyrrole nitrogens is 1. The zero-order valence-electron chi connectivity index (χ0n) is 8.28. The van der Waals surface area contributed by atoms with E-state index in [0.717, 1.165) is 5.75 Å². The summed E-state index contributed by atoms with van der Waals surface area (Å²) in [6.07, 6.45) is 3.37. The van der Waals surface area contributed by atoms with Crippen molar-refractivity contribution in [1.29, 1.82) is 0 Å². The summed E-state index contributed by atoms with van der Waals surface area (Å²) in [7, 11) is 0. The molecule has 14 heavy (non-hydrogen) atoms. The normalized spacial score (nSPS) is 12.4. The standard InChI is InChI=1S/C8H14N4OS/c1-6(4-14-2)3-9-8(13)7-10-5-11-12-7/h5-6H,3-4H2,1-2H3,(H,9,13)(H,10,11,12). The molecule has 1 heterocycles. The number of aromatic nitrogens is 3. The molecule has 0 aliphatic heterocycles. The Morgan fingerprint density at radius 1 is 1.79 bits per heavy atom. The van der Waals surface area contributed by atoms with Crippen molar-refractivity contribution in [3.8, 4) is 0 Å². The molecular weight excluding hydrogens is 200 g/mol. The van der Waals surface area contributed by atoms with Crippen LogP contribution in [-0.2, 0) is 0 Å². The first-order valence-electron chi connectivity index (χ1n) is 4.36. The number of carbonyl (C=O) groups excluding carboxylic acids is 1. The highest BCUT2D eigenvalue weighted by Gasteiger charge is 2.09. The first-order valence-corrected chi connectivity index (χ1v) is 5.76. The first-order chi connectivity index (χ1) is 6.74. The van der Waals surface area contributed by atoms with Gasteiger partial charge in [-0.15, -0.1) is 0 Å². The minimum Gasteiger partial charge on any atom is -0.349 e. The quantitative estimate of drug-likeness (QED) is 0.750. The Kier molecular flexibility index (Phi) is 4.45. The highest BCUT2D eigenvalue weighted by molar-refractivity contribution is 7.98. The van der Waals surface area contributed by atoms with E-state index in [1.165, 1.54) is 6.33 Å². The van der Waals surface area contributed by atoms with Gasteiger partial charge in [-0.3, -0.25) is 9.89 Å². The van der Waals surface area contributed by atoms with Crippen LogP contribution in [-0.4, -0.2) is 39.6 Å². The number of hydrogen-bond acceptors (Lipinski definition) is 4. The molecule has 1 amide bonds. The smallest absolute Gasteiger partial charge is 0.288 e. The van der Waals surface area contributed by atoms with Gasteiger partial charge in [0.2, 0.25) is 5.82 Å². The molecule has 78 valence electrons. The summed E-state index contributed by atoms with van der Waals surface area (Å²) < 4.78 is 0. The topological polar surface area (TPSA) is 70.7 Å². The molecule has 0 saturated heterocycles. The Labute approximate surface area is 87.1 Å². The lowest BCUT2D eigenvalue weighted by Gasteiger charge is -2.09. The number of aromatic amines is 1. The van der Waals surface area contributed by atoms with Crippen LogP contribution in [0, 0.1) is 5.92 Å². The molecule has 6 heteroatoms. The highest BCUT2D eigenvalue weighted by atomic mass is 32.2. The molecule has 0 aliphatic rings. The van der Waals surface area contributed by atoms with Gasteiger partial charge in [0.25, 0.3) is 5.91 Å². The molecule has 0 radical (unpaired) electrons. The summed E-state index contributed by atoms with van der Waals surface area (Å²) in [6, 6.07) is 0. The maximum atomic E-state index is 11.4. The predicted molar refractivity (Wildman–Crippen MR) is 56.3 cm³/mol. The summed E-state index contributed by atoms with van der Waals surface area (Å²) >= 11 is 1.77. The van der Waals surface area contributed by atoms with Gasteiger partial charge in [-0.1, -0.05) is 6.92 Å². The molecular formula is C8H14N4OS. The molecule has 0 fully saturated rings. The van der Waals surface area contributed by atoms with E-state index >= 15 is 0 Å². The fraction of sp³-hybridized carbons (Fsp3) is 0.625. The Bertz CT molecular complexity index is 275. The van der Waals surface area contributed by atoms with Gasteiger partial charge in [0.05, 0.1) is 0 Å². The molecule has 1 rings (SSSR count). The largest absolute Gasteiger partial charge is 0.349 e. The summed E-state index contributed by atoms with van der Waals surface area (Å²) in [5.74, 6) is 1.57. The van der Waals surface area contributed by atoms with Gasteiger partial charge in [-0.25, -0.2) is 4.98 Å². The summed E-state index contributed by atoms with van der Waals surface area (Å²) in [6.45, 7) is 2.76. The van der Waals surface area contributed by atoms with Crippen molar-refractivity contribution in [2.75, 3.05) is 18.6 Å². The Morgan fingerprint density at radius 2 is 2.57 bits per heavy atom. The van der Waals surface area contributed by atoms with Crippen molar-refractivity contribution < 1.29 is 4.79 Å². The number of hydrogen-bond donors (Lipinski definition) is 2. The van der Waals surface area contributed by atoms with Gasteiger partial charge >= 0.3 is 0 Å². The second-order valence-corrected chi connectivity index (χ2v) is 4.02. The van der Waals surface area contributed by atoms with Crippen molar-refractivity contribution in [1.82, 2.24) is 20.5 Å². The van der Waals surface area contributed by atoms with Crippen LogP contribution >= 0.6 is 11.8 Å². The van der Waals surface area contributed by atoms with Crippen LogP contribution in [0.5, 0.6) is 0 Å². The number of thioether (sulfide) groups is 1. The van der Waals surface area contributed by atoms with E-state index in [9.17, 15) is 4.79 Å². The van der Waals surface area contributed by atoms with Crippen molar-refractivity contribution >= 4 is 17.7 Å². The minimum absolute atomic E-state index is 0.199. The monoisotopic (exact) mass is 214 g/mol. The number of nitrogens with one attached hydrogen (secondary N) is 2. The minimum atomic E-state index is -0.199. The second-order valence-electron chi connectivity index (χ2n) is 3.10. The van der Waals surface area contributed by atoms with Crippen molar-refractivity contribution in [2.45, 2.75) is 6.92 Å². The third kappa shape index (κ3) is 3.37. The van der Waals surface area contributed by atoms with Gasteiger partial charge in [0, 0.05) is 6.54 Å². The van der Waals surface area contributed by atoms with Crippen molar-refractivity contribution in [3.05, 3.63) is 12.2 Å².